The molecule has 1 aromatic carbocycles. The maximum Gasteiger partial charge on any atom is 0.306 e. The van der Waals surface area contributed by atoms with Crippen molar-refractivity contribution in [1.29, 1.82) is 0 Å². The van der Waals surface area contributed by atoms with Crippen LogP contribution in [0.4, 0.5) is 0 Å². The van der Waals surface area contributed by atoms with Crippen LogP contribution in [0.5, 0.6) is 0 Å². The van der Waals surface area contributed by atoms with E-state index in [0.717, 1.165) is 12.8 Å². The summed E-state index contributed by atoms with van der Waals surface area (Å²) in [6.07, 6.45) is 3.61. The molecule has 3 atom stereocenters. The van der Waals surface area contributed by atoms with E-state index in [0.29, 0.717) is 19.3 Å². The molecule has 1 saturated carbocycles. The maximum absolute atomic E-state index is 12.1. The largest absolute Gasteiger partial charge is 0.481 e. The average molecular weight is 289 g/mol. The van der Waals surface area contributed by atoms with Crippen molar-refractivity contribution in [3.8, 4) is 0 Å². The molecular formula is C17H23NO3. The van der Waals surface area contributed by atoms with Crippen molar-refractivity contribution in [2.75, 3.05) is 0 Å². The van der Waals surface area contributed by atoms with Crippen molar-refractivity contribution in [1.82, 2.24) is 5.32 Å². The van der Waals surface area contributed by atoms with Crippen molar-refractivity contribution < 1.29 is 14.7 Å². The Balaban J connectivity index is 1.74. The molecule has 2 N–H and O–H groups in total. The number of rotatable bonds is 6. The van der Waals surface area contributed by atoms with E-state index in [2.05, 4.69) is 17.4 Å². The van der Waals surface area contributed by atoms with E-state index < -0.39 is 5.97 Å². The van der Waals surface area contributed by atoms with Crippen LogP contribution in [0.3, 0.4) is 0 Å². The van der Waals surface area contributed by atoms with Crippen molar-refractivity contribution >= 4 is 11.9 Å². The molecule has 1 aromatic rings. The van der Waals surface area contributed by atoms with Gasteiger partial charge < -0.3 is 10.4 Å². The number of carboxylic acids is 1. The van der Waals surface area contributed by atoms with Crippen molar-refractivity contribution in [3.63, 3.8) is 0 Å². The lowest BCUT2D eigenvalue weighted by Gasteiger charge is -2.17. The third kappa shape index (κ3) is 4.59. The van der Waals surface area contributed by atoms with Gasteiger partial charge in [-0.2, -0.15) is 0 Å². The molecule has 0 bridgehead atoms. The Kier molecular flexibility index (Phi) is 5.37. The Labute approximate surface area is 125 Å². The highest BCUT2D eigenvalue weighted by molar-refractivity contribution is 5.81. The average Bonchev–Trinajstić information content (AvgIpc) is 2.96. The van der Waals surface area contributed by atoms with Gasteiger partial charge in [-0.1, -0.05) is 30.3 Å². The van der Waals surface area contributed by atoms with E-state index in [1.165, 1.54) is 5.56 Å². The van der Waals surface area contributed by atoms with E-state index in [4.69, 9.17) is 5.11 Å². The monoisotopic (exact) mass is 289 g/mol. The van der Waals surface area contributed by atoms with E-state index >= 15 is 0 Å². The fourth-order valence-corrected chi connectivity index (χ4v) is 2.90. The molecule has 2 rings (SSSR count). The van der Waals surface area contributed by atoms with Crippen molar-refractivity contribution in [2.24, 2.45) is 11.8 Å². The van der Waals surface area contributed by atoms with Gasteiger partial charge in [0.15, 0.2) is 0 Å². The molecule has 4 nitrogen and oxygen atoms in total. The molecule has 0 radical (unpaired) electrons. The summed E-state index contributed by atoms with van der Waals surface area (Å²) >= 11 is 0. The van der Waals surface area contributed by atoms with Gasteiger partial charge in [0, 0.05) is 12.0 Å². The lowest BCUT2D eigenvalue weighted by Crippen LogP contribution is -2.37. The third-order valence-corrected chi connectivity index (χ3v) is 4.25. The number of carbonyl (C=O) groups is 2. The number of carbonyl (C=O) groups excluding carboxylic acids is 1. The number of hydrogen-bond acceptors (Lipinski definition) is 2. The van der Waals surface area contributed by atoms with Crippen LogP contribution in [0, 0.1) is 11.8 Å². The standard InChI is InChI=1S/C17H23NO3/c1-12(7-8-13-5-3-2-4-6-13)18-16(19)14-9-10-15(11-14)17(20)21/h2-6,12,14-15H,7-11H2,1H3,(H,18,19)(H,20,21). The normalized spacial score (nSPS) is 22.7. The lowest BCUT2D eigenvalue weighted by molar-refractivity contribution is -0.141. The first-order chi connectivity index (χ1) is 10.1. The summed E-state index contributed by atoms with van der Waals surface area (Å²) in [7, 11) is 0. The molecule has 0 aromatic heterocycles. The summed E-state index contributed by atoms with van der Waals surface area (Å²) in [4.78, 5) is 23.1. The van der Waals surface area contributed by atoms with Gasteiger partial charge in [-0.05, 0) is 44.6 Å². The van der Waals surface area contributed by atoms with Gasteiger partial charge in [0.2, 0.25) is 5.91 Å². The molecule has 21 heavy (non-hydrogen) atoms. The molecule has 0 aliphatic heterocycles. The second-order valence-electron chi connectivity index (χ2n) is 5.98. The number of nitrogens with one attached hydrogen (secondary N) is 1. The highest BCUT2D eigenvalue weighted by Crippen LogP contribution is 2.31. The molecule has 0 heterocycles. The van der Waals surface area contributed by atoms with Crippen LogP contribution in [0.25, 0.3) is 0 Å². The van der Waals surface area contributed by atoms with Gasteiger partial charge in [-0.15, -0.1) is 0 Å². The number of hydrogen-bond donors (Lipinski definition) is 2. The summed E-state index contributed by atoms with van der Waals surface area (Å²) in [6, 6.07) is 10.3. The minimum absolute atomic E-state index is 0.0133. The van der Waals surface area contributed by atoms with Crippen LogP contribution < -0.4 is 5.32 Å². The molecule has 1 aliphatic carbocycles. The topological polar surface area (TPSA) is 66.4 Å². The smallest absolute Gasteiger partial charge is 0.306 e. The van der Waals surface area contributed by atoms with Crippen LogP contribution in [-0.2, 0) is 16.0 Å². The molecule has 114 valence electrons. The lowest BCUT2D eigenvalue weighted by atomic mass is 10.0. The predicted octanol–water partition coefficient (Wildman–Crippen LogP) is 2.62. The highest BCUT2D eigenvalue weighted by Gasteiger charge is 2.34. The van der Waals surface area contributed by atoms with Gasteiger partial charge in [-0.3, -0.25) is 9.59 Å². The minimum atomic E-state index is -0.776. The van der Waals surface area contributed by atoms with Gasteiger partial charge in [0.05, 0.1) is 5.92 Å². The van der Waals surface area contributed by atoms with Gasteiger partial charge in [0.1, 0.15) is 0 Å². The molecule has 1 aliphatic rings. The fraction of sp³-hybridized carbons (Fsp3) is 0.529. The van der Waals surface area contributed by atoms with Gasteiger partial charge in [0.25, 0.3) is 0 Å². The van der Waals surface area contributed by atoms with E-state index in [1.54, 1.807) is 0 Å². The number of carboxylic acid groups (broad SMARTS) is 1. The van der Waals surface area contributed by atoms with E-state index in [1.807, 2.05) is 25.1 Å². The fourth-order valence-electron chi connectivity index (χ4n) is 2.90. The minimum Gasteiger partial charge on any atom is -0.481 e. The van der Waals surface area contributed by atoms with Crippen LogP contribution in [0.1, 0.15) is 38.2 Å². The maximum atomic E-state index is 12.1. The summed E-state index contributed by atoms with van der Waals surface area (Å²) < 4.78 is 0. The zero-order chi connectivity index (χ0) is 15.2. The van der Waals surface area contributed by atoms with Crippen LogP contribution in [-0.4, -0.2) is 23.0 Å². The van der Waals surface area contributed by atoms with Crippen molar-refractivity contribution in [3.05, 3.63) is 35.9 Å². The second-order valence-corrected chi connectivity index (χ2v) is 5.98. The summed E-state index contributed by atoms with van der Waals surface area (Å²) in [6.45, 7) is 2.00. The molecule has 3 unspecified atom stereocenters. The van der Waals surface area contributed by atoms with E-state index in [-0.39, 0.29) is 23.8 Å². The number of benzene rings is 1. The van der Waals surface area contributed by atoms with E-state index in [9.17, 15) is 9.59 Å². The molecule has 4 heteroatoms. The zero-order valence-corrected chi connectivity index (χ0v) is 12.4. The number of aryl methyl sites for hydroxylation is 1. The second kappa shape index (κ2) is 7.25. The Hall–Kier alpha value is -1.84. The van der Waals surface area contributed by atoms with Crippen LogP contribution in [0.2, 0.25) is 0 Å². The Morgan fingerprint density at radius 3 is 2.52 bits per heavy atom. The van der Waals surface area contributed by atoms with Gasteiger partial charge >= 0.3 is 5.97 Å². The molecule has 1 amide bonds. The molecule has 0 saturated heterocycles. The number of aliphatic carboxylic acids is 1. The predicted molar refractivity (Wildman–Crippen MR) is 80.8 cm³/mol. The first-order valence-corrected chi connectivity index (χ1v) is 7.63. The highest BCUT2D eigenvalue weighted by atomic mass is 16.4. The molecule has 0 spiro atoms. The van der Waals surface area contributed by atoms with Crippen LogP contribution in [0.15, 0.2) is 30.3 Å². The Morgan fingerprint density at radius 2 is 1.90 bits per heavy atom. The third-order valence-electron chi connectivity index (χ3n) is 4.25. The first-order valence-electron chi connectivity index (χ1n) is 7.63. The summed E-state index contributed by atoms with van der Waals surface area (Å²) in [5.74, 6) is -1.24. The summed E-state index contributed by atoms with van der Waals surface area (Å²) in [5.41, 5.74) is 1.27. The SMILES string of the molecule is CC(CCc1ccccc1)NC(=O)C1CCC(C(=O)O)C1. The first kappa shape index (κ1) is 15.5. The quantitative estimate of drug-likeness (QED) is 0.846. The van der Waals surface area contributed by atoms with Crippen LogP contribution >= 0.6 is 0 Å². The Bertz CT molecular complexity index is 486. The zero-order valence-electron chi connectivity index (χ0n) is 12.4. The van der Waals surface area contributed by atoms with Gasteiger partial charge in [-0.25, -0.2) is 0 Å². The summed E-state index contributed by atoms with van der Waals surface area (Å²) in [5, 5.41) is 12.0. The number of amides is 1. The van der Waals surface area contributed by atoms with Crippen molar-refractivity contribution in [2.45, 2.75) is 45.1 Å². The molecule has 1 fully saturated rings. The molecular weight excluding hydrogens is 266 g/mol. The Morgan fingerprint density at radius 1 is 1.24 bits per heavy atom.